The van der Waals surface area contributed by atoms with Gasteiger partial charge in [0, 0.05) is 11.6 Å². The van der Waals surface area contributed by atoms with Crippen LogP contribution in [0.1, 0.15) is 39.4 Å². The van der Waals surface area contributed by atoms with Gasteiger partial charge in [0.15, 0.2) is 0 Å². The smallest absolute Gasteiger partial charge is 0.337 e. The van der Waals surface area contributed by atoms with E-state index in [1.807, 2.05) is 0 Å². The van der Waals surface area contributed by atoms with E-state index in [0.29, 0.717) is 23.2 Å². The van der Waals surface area contributed by atoms with Crippen molar-refractivity contribution >= 4 is 17.6 Å². The Morgan fingerprint density at radius 1 is 1.06 bits per heavy atom. The molecule has 4 nitrogen and oxygen atoms in total. The molecule has 1 saturated carbocycles. The molecule has 1 spiro atoms. The van der Waals surface area contributed by atoms with Crippen molar-refractivity contribution in [3.8, 4) is 0 Å². The molecule has 6 heteroatoms. The first-order valence-corrected chi connectivity index (χ1v) is 9.99. The lowest BCUT2D eigenvalue weighted by molar-refractivity contribution is -0.120. The van der Waals surface area contributed by atoms with E-state index in [1.165, 1.54) is 31.4 Å². The largest absolute Gasteiger partial charge is 0.465 e. The third-order valence-electron chi connectivity index (χ3n) is 6.28. The summed E-state index contributed by atoms with van der Waals surface area (Å²) in [6, 6.07) is 17.4. The lowest BCUT2D eigenvalue weighted by Crippen LogP contribution is -2.32. The number of nitrogens with zero attached hydrogens (tertiary/aromatic N) is 1. The molecular formula is C25H19F2NO3. The van der Waals surface area contributed by atoms with E-state index in [4.69, 9.17) is 4.74 Å². The summed E-state index contributed by atoms with van der Waals surface area (Å²) < 4.78 is 32.0. The van der Waals surface area contributed by atoms with E-state index in [1.54, 1.807) is 47.4 Å². The highest BCUT2D eigenvalue weighted by Crippen LogP contribution is 2.66. The number of esters is 1. The molecule has 0 N–H and O–H groups in total. The van der Waals surface area contributed by atoms with Gasteiger partial charge in [-0.15, -0.1) is 0 Å². The number of hydrogen-bond donors (Lipinski definition) is 0. The Labute approximate surface area is 178 Å². The van der Waals surface area contributed by atoms with E-state index >= 15 is 0 Å². The Bertz CT molecular complexity index is 1210. The molecule has 0 radical (unpaired) electrons. The van der Waals surface area contributed by atoms with Gasteiger partial charge in [-0.05, 0) is 65.6 Å². The number of carbonyl (C=O) groups is 2. The van der Waals surface area contributed by atoms with Crippen LogP contribution in [-0.4, -0.2) is 19.0 Å². The number of amides is 1. The fourth-order valence-electron chi connectivity index (χ4n) is 4.71. The number of halogens is 2. The Hall–Kier alpha value is -3.54. The maximum Gasteiger partial charge on any atom is 0.337 e. The molecule has 3 aromatic carbocycles. The van der Waals surface area contributed by atoms with Gasteiger partial charge in [0.05, 0.1) is 24.6 Å². The number of ether oxygens (including phenoxy) is 1. The molecular weight excluding hydrogens is 400 g/mol. The second-order valence-electron chi connectivity index (χ2n) is 8.02. The number of benzene rings is 3. The van der Waals surface area contributed by atoms with Gasteiger partial charge in [0.2, 0.25) is 5.91 Å². The van der Waals surface area contributed by atoms with E-state index in [0.717, 1.165) is 11.1 Å². The van der Waals surface area contributed by atoms with E-state index in [9.17, 15) is 18.4 Å². The van der Waals surface area contributed by atoms with Crippen molar-refractivity contribution in [3.63, 3.8) is 0 Å². The summed E-state index contributed by atoms with van der Waals surface area (Å²) in [5, 5.41) is 0. The van der Waals surface area contributed by atoms with Crippen LogP contribution in [0.15, 0.2) is 66.7 Å². The SMILES string of the molecule is COC(=O)c1ccc2c(c1)[C@]1(CC1c1ccc(F)cc1)C(=O)N2Cc1cccc(F)c1. The highest BCUT2D eigenvalue weighted by molar-refractivity contribution is 6.12. The van der Waals surface area contributed by atoms with Gasteiger partial charge < -0.3 is 9.64 Å². The maximum absolute atomic E-state index is 13.7. The average molecular weight is 419 g/mol. The maximum atomic E-state index is 13.7. The number of rotatable bonds is 4. The molecule has 0 bridgehead atoms. The van der Waals surface area contributed by atoms with Gasteiger partial charge in [-0.2, -0.15) is 0 Å². The monoisotopic (exact) mass is 419 g/mol. The van der Waals surface area contributed by atoms with Crippen LogP contribution < -0.4 is 4.90 Å². The van der Waals surface area contributed by atoms with Crippen molar-refractivity contribution in [3.05, 3.63) is 101 Å². The van der Waals surface area contributed by atoms with Crippen LogP contribution in [0, 0.1) is 11.6 Å². The average Bonchev–Trinajstić information content (AvgIpc) is 3.49. The highest BCUT2D eigenvalue weighted by Gasteiger charge is 2.67. The van der Waals surface area contributed by atoms with Crippen LogP contribution in [-0.2, 0) is 21.5 Å². The second-order valence-corrected chi connectivity index (χ2v) is 8.02. The Balaban J connectivity index is 1.59. The molecule has 1 fully saturated rings. The summed E-state index contributed by atoms with van der Waals surface area (Å²) in [4.78, 5) is 27.4. The van der Waals surface area contributed by atoms with Crippen molar-refractivity contribution in [1.82, 2.24) is 0 Å². The van der Waals surface area contributed by atoms with Crippen LogP contribution in [0.5, 0.6) is 0 Å². The quantitative estimate of drug-likeness (QED) is 0.575. The lowest BCUT2D eigenvalue weighted by atomic mass is 9.91. The van der Waals surface area contributed by atoms with Crippen molar-refractivity contribution < 1.29 is 23.1 Å². The molecule has 1 amide bonds. The molecule has 5 rings (SSSR count). The first-order valence-electron chi connectivity index (χ1n) is 9.99. The summed E-state index contributed by atoms with van der Waals surface area (Å²) in [7, 11) is 1.31. The number of fused-ring (bicyclic) bond motifs is 2. The van der Waals surface area contributed by atoms with Crippen molar-refractivity contribution in [1.29, 1.82) is 0 Å². The number of anilines is 1. The van der Waals surface area contributed by atoms with Crippen LogP contribution >= 0.6 is 0 Å². The minimum absolute atomic E-state index is 0.0943. The van der Waals surface area contributed by atoms with Crippen molar-refractivity contribution in [2.45, 2.75) is 24.3 Å². The fourth-order valence-corrected chi connectivity index (χ4v) is 4.71. The molecule has 2 aliphatic rings. The van der Waals surface area contributed by atoms with Gasteiger partial charge in [0.25, 0.3) is 0 Å². The summed E-state index contributed by atoms with van der Waals surface area (Å²) >= 11 is 0. The minimum atomic E-state index is -0.815. The molecule has 1 unspecified atom stereocenters. The number of carbonyl (C=O) groups excluding carboxylic acids is 2. The summed E-state index contributed by atoms with van der Waals surface area (Å²) in [5.41, 5.74) is 2.55. The topological polar surface area (TPSA) is 46.6 Å². The molecule has 31 heavy (non-hydrogen) atoms. The molecule has 1 aliphatic heterocycles. The van der Waals surface area contributed by atoms with Gasteiger partial charge in [-0.3, -0.25) is 4.79 Å². The van der Waals surface area contributed by atoms with Crippen molar-refractivity contribution in [2.75, 3.05) is 12.0 Å². The molecule has 0 saturated heterocycles. The van der Waals surface area contributed by atoms with Crippen LogP contribution in [0.3, 0.4) is 0 Å². The minimum Gasteiger partial charge on any atom is -0.465 e. The Kier molecular flexibility index (Phi) is 4.39. The highest BCUT2D eigenvalue weighted by atomic mass is 19.1. The molecule has 1 heterocycles. The molecule has 1 aliphatic carbocycles. The molecule has 2 atom stereocenters. The zero-order valence-electron chi connectivity index (χ0n) is 16.8. The number of methoxy groups -OCH3 is 1. The van der Waals surface area contributed by atoms with Crippen LogP contribution in [0.25, 0.3) is 0 Å². The van der Waals surface area contributed by atoms with Gasteiger partial charge in [-0.25, -0.2) is 13.6 Å². The summed E-state index contributed by atoms with van der Waals surface area (Å²) in [6.07, 6.45) is 0.564. The predicted octanol–water partition coefficient (Wildman–Crippen LogP) is 4.72. The normalized spacial score (nSPS) is 21.3. The first kappa shape index (κ1) is 19.4. The second kappa shape index (κ2) is 7.01. The van der Waals surface area contributed by atoms with E-state index in [-0.39, 0.29) is 30.0 Å². The zero-order chi connectivity index (χ0) is 21.8. The standard InChI is InChI=1S/C25H19F2NO3/c1-31-23(29)17-7-10-22-20(12-17)25(13-21(25)16-5-8-18(26)9-6-16)24(30)28(22)14-15-3-2-4-19(27)11-15/h2-12,21H,13-14H2,1H3/t21?,25-/m0/s1. The van der Waals surface area contributed by atoms with E-state index < -0.39 is 11.4 Å². The molecule has 3 aromatic rings. The fraction of sp³-hybridized carbons (Fsp3) is 0.200. The predicted molar refractivity (Wildman–Crippen MR) is 111 cm³/mol. The first-order chi connectivity index (χ1) is 14.9. The van der Waals surface area contributed by atoms with Crippen LogP contribution in [0.2, 0.25) is 0 Å². The van der Waals surface area contributed by atoms with Crippen molar-refractivity contribution in [2.24, 2.45) is 0 Å². The van der Waals surface area contributed by atoms with Gasteiger partial charge >= 0.3 is 5.97 Å². The summed E-state index contributed by atoms with van der Waals surface area (Å²) in [6.45, 7) is 0.221. The van der Waals surface area contributed by atoms with Gasteiger partial charge in [0.1, 0.15) is 11.6 Å². The summed E-state index contributed by atoms with van der Waals surface area (Å²) in [5.74, 6) is -1.39. The lowest BCUT2D eigenvalue weighted by Gasteiger charge is -2.18. The van der Waals surface area contributed by atoms with E-state index in [2.05, 4.69) is 0 Å². The third-order valence-corrected chi connectivity index (χ3v) is 6.28. The Morgan fingerprint density at radius 2 is 1.84 bits per heavy atom. The van der Waals surface area contributed by atoms with Gasteiger partial charge in [-0.1, -0.05) is 24.3 Å². The third kappa shape index (κ3) is 3.02. The zero-order valence-corrected chi connectivity index (χ0v) is 16.8. The van der Waals surface area contributed by atoms with Crippen LogP contribution in [0.4, 0.5) is 14.5 Å². The Morgan fingerprint density at radius 3 is 2.55 bits per heavy atom. The molecule has 156 valence electrons. The number of hydrogen-bond acceptors (Lipinski definition) is 3. The molecule has 0 aromatic heterocycles.